The predicted octanol–water partition coefficient (Wildman–Crippen LogP) is -3.94. The number of rotatable bonds is 21. The molecule has 0 saturated heterocycles. The fourth-order valence-electron chi connectivity index (χ4n) is 3.77. The van der Waals surface area contributed by atoms with Crippen LogP contribution in [0.15, 0.2) is 0 Å². The highest BCUT2D eigenvalue weighted by Gasteiger charge is 2.28. The summed E-state index contributed by atoms with van der Waals surface area (Å²) in [7, 11) is 0. The molecular weight excluding hydrogens is 608 g/mol. The minimum absolute atomic E-state index is 0.0195. The lowest BCUT2D eigenvalue weighted by Gasteiger charge is -2.23. The highest BCUT2D eigenvalue weighted by molar-refractivity contribution is 5.95. The molecule has 0 aromatic rings. The van der Waals surface area contributed by atoms with Gasteiger partial charge in [-0.3, -0.25) is 38.4 Å². The SMILES string of the molecule is CC(C)C[C@H](NC(=O)CNC(=O)[C@@H](N)C(C)C)C(=O)NCC(=O)NCC(=O)N[C@@H](CO)C(=O)N[C@@H](CC(C)C)C(=O)NCC(=O)O. The molecule has 0 aliphatic carbocycles. The molecule has 0 unspecified atom stereocenters. The fraction of sp³-hybridized carbons (Fsp3) is 0.714. The van der Waals surface area contributed by atoms with Crippen LogP contribution in [0.1, 0.15) is 54.4 Å². The maximum absolute atomic E-state index is 12.7. The van der Waals surface area contributed by atoms with E-state index >= 15 is 0 Å². The number of aliphatic hydroxyl groups excluding tert-OH is 1. The van der Waals surface area contributed by atoms with Crippen molar-refractivity contribution in [3.8, 4) is 0 Å². The summed E-state index contributed by atoms with van der Waals surface area (Å²) in [6.07, 6.45) is 0.376. The van der Waals surface area contributed by atoms with Crippen LogP contribution in [-0.4, -0.2) is 114 Å². The van der Waals surface area contributed by atoms with Gasteiger partial charge in [0, 0.05) is 0 Å². The van der Waals surface area contributed by atoms with E-state index in [-0.39, 0.29) is 30.6 Å². The van der Waals surface area contributed by atoms with Gasteiger partial charge in [0.2, 0.25) is 41.4 Å². The van der Waals surface area contributed by atoms with Crippen LogP contribution in [-0.2, 0) is 38.4 Å². The lowest BCUT2D eigenvalue weighted by molar-refractivity contribution is -0.138. The zero-order chi connectivity index (χ0) is 35.6. The molecule has 0 radical (unpaired) electrons. The van der Waals surface area contributed by atoms with Gasteiger partial charge in [-0.25, -0.2) is 0 Å². The standard InChI is InChI=1S/C28H50N8O10/c1-14(2)7-17(34-22(40)11-32-28(46)24(29)16(5)6)25(43)31-9-20(38)30-10-21(39)35-19(13-37)27(45)36-18(8-15(3)4)26(44)33-12-23(41)42/h14-19,24,37H,7-13,29H2,1-6H3,(H,30,38)(H,31,43)(H,32,46)(H,33,44)(H,34,40)(H,35,39)(H,36,45)(H,41,42)/t17-,18-,19-,24-/m0/s1. The molecule has 0 rings (SSSR count). The third-order valence-corrected chi connectivity index (χ3v) is 6.26. The van der Waals surface area contributed by atoms with Crippen molar-refractivity contribution in [1.82, 2.24) is 37.2 Å². The number of aliphatic carboxylic acids is 1. The van der Waals surface area contributed by atoms with Gasteiger partial charge in [-0.05, 0) is 30.6 Å². The summed E-state index contributed by atoms with van der Waals surface area (Å²) in [6.45, 7) is 7.60. The summed E-state index contributed by atoms with van der Waals surface area (Å²) >= 11 is 0. The Morgan fingerprint density at radius 1 is 0.543 bits per heavy atom. The second kappa shape index (κ2) is 21.4. The minimum atomic E-state index is -1.49. The molecule has 0 bridgehead atoms. The van der Waals surface area contributed by atoms with Crippen LogP contribution >= 0.6 is 0 Å². The number of carbonyl (C=O) groups is 8. The topological polar surface area (TPSA) is 287 Å². The molecule has 0 heterocycles. The van der Waals surface area contributed by atoms with Crippen molar-refractivity contribution in [2.75, 3.05) is 32.8 Å². The number of carboxylic acids is 1. The van der Waals surface area contributed by atoms with Gasteiger partial charge in [-0.1, -0.05) is 41.5 Å². The molecule has 4 atom stereocenters. The third kappa shape index (κ3) is 17.8. The molecule has 0 aromatic carbocycles. The average molecular weight is 659 g/mol. The first kappa shape index (κ1) is 41.7. The number of nitrogens with two attached hydrogens (primary N) is 1. The Labute approximate surface area is 268 Å². The summed E-state index contributed by atoms with van der Waals surface area (Å²) < 4.78 is 0. The Bertz CT molecular complexity index is 1080. The number of carboxylic acid groups (broad SMARTS) is 1. The van der Waals surface area contributed by atoms with Crippen LogP contribution in [0, 0.1) is 17.8 Å². The first-order chi connectivity index (χ1) is 21.4. The quantitative estimate of drug-likeness (QED) is 0.0568. The molecule has 18 nitrogen and oxygen atoms in total. The Hall–Kier alpha value is -4.32. The van der Waals surface area contributed by atoms with Crippen molar-refractivity contribution in [2.24, 2.45) is 23.5 Å². The summed E-state index contributed by atoms with van der Waals surface area (Å²) in [5.74, 6) is -6.64. The van der Waals surface area contributed by atoms with Gasteiger partial charge >= 0.3 is 5.97 Å². The Balaban J connectivity index is 4.94. The van der Waals surface area contributed by atoms with Gasteiger partial charge in [-0.15, -0.1) is 0 Å². The van der Waals surface area contributed by atoms with Crippen molar-refractivity contribution >= 4 is 47.3 Å². The van der Waals surface area contributed by atoms with Crippen molar-refractivity contribution in [3.05, 3.63) is 0 Å². The van der Waals surface area contributed by atoms with Crippen LogP contribution in [0.3, 0.4) is 0 Å². The zero-order valence-electron chi connectivity index (χ0n) is 27.2. The van der Waals surface area contributed by atoms with E-state index in [4.69, 9.17) is 10.8 Å². The first-order valence-electron chi connectivity index (χ1n) is 14.9. The van der Waals surface area contributed by atoms with E-state index in [1.807, 2.05) is 13.8 Å². The summed E-state index contributed by atoms with van der Waals surface area (Å²) in [5, 5.41) is 34.7. The Kier molecular flexibility index (Phi) is 19.4. The minimum Gasteiger partial charge on any atom is -0.480 e. The monoisotopic (exact) mass is 658 g/mol. The van der Waals surface area contributed by atoms with Crippen LogP contribution in [0.4, 0.5) is 0 Å². The molecule has 0 spiro atoms. The Morgan fingerprint density at radius 2 is 0.957 bits per heavy atom. The molecule has 0 saturated carbocycles. The van der Waals surface area contributed by atoms with Crippen LogP contribution in [0.5, 0.6) is 0 Å². The molecule has 0 aliphatic heterocycles. The van der Waals surface area contributed by atoms with Gasteiger partial charge in [0.05, 0.1) is 32.3 Å². The maximum atomic E-state index is 12.7. The van der Waals surface area contributed by atoms with Crippen LogP contribution < -0.4 is 43.0 Å². The second-order valence-corrected chi connectivity index (χ2v) is 11.8. The number of nitrogens with one attached hydrogen (secondary N) is 7. The van der Waals surface area contributed by atoms with E-state index in [1.54, 1.807) is 27.7 Å². The largest absolute Gasteiger partial charge is 0.480 e. The van der Waals surface area contributed by atoms with Crippen molar-refractivity contribution in [2.45, 2.75) is 78.6 Å². The molecule has 7 amide bonds. The van der Waals surface area contributed by atoms with E-state index < -0.39 is 104 Å². The van der Waals surface area contributed by atoms with Crippen LogP contribution in [0.2, 0.25) is 0 Å². The average Bonchev–Trinajstić information content (AvgIpc) is 2.97. The second-order valence-electron chi connectivity index (χ2n) is 11.8. The van der Waals surface area contributed by atoms with E-state index in [9.17, 15) is 43.5 Å². The molecule has 46 heavy (non-hydrogen) atoms. The van der Waals surface area contributed by atoms with Crippen molar-refractivity contribution in [3.63, 3.8) is 0 Å². The van der Waals surface area contributed by atoms with E-state index in [0.29, 0.717) is 0 Å². The summed E-state index contributed by atoms with van der Waals surface area (Å²) in [4.78, 5) is 97.4. The molecule has 262 valence electrons. The van der Waals surface area contributed by atoms with E-state index in [2.05, 4.69) is 37.2 Å². The zero-order valence-corrected chi connectivity index (χ0v) is 27.2. The number of hydrogen-bond donors (Lipinski definition) is 10. The highest BCUT2D eigenvalue weighted by Crippen LogP contribution is 2.06. The van der Waals surface area contributed by atoms with E-state index in [0.717, 1.165) is 0 Å². The smallest absolute Gasteiger partial charge is 0.322 e. The number of carbonyl (C=O) groups excluding carboxylic acids is 7. The Morgan fingerprint density at radius 3 is 1.41 bits per heavy atom. The number of hydrogen-bond acceptors (Lipinski definition) is 10. The lowest BCUT2D eigenvalue weighted by atomic mass is 10.0. The van der Waals surface area contributed by atoms with Gasteiger partial charge < -0.3 is 53.2 Å². The molecule has 0 fully saturated rings. The third-order valence-electron chi connectivity index (χ3n) is 6.26. The number of amides is 7. The summed E-state index contributed by atoms with van der Waals surface area (Å²) in [6, 6.07) is -4.44. The maximum Gasteiger partial charge on any atom is 0.322 e. The summed E-state index contributed by atoms with van der Waals surface area (Å²) in [5.41, 5.74) is 5.75. The molecule has 11 N–H and O–H groups in total. The van der Waals surface area contributed by atoms with Crippen LogP contribution in [0.25, 0.3) is 0 Å². The molecule has 0 aromatic heterocycles. The van der Waals surface area contributed by atoms with Gasteiger partial charge in [-0.2, -0.15) is 0 Å². The first-order valence-corrected chi connectivity index (χ1v) is 14.9. The van der Waals surface area contributed by atoms with Crippen molar-refractivity contribution < 1.29 is 48.6 Å². The lowest BCUT2D eigenvalue weighted by Crippen LogP contribution is -2.56. The molecule has 18 heteroatoms. The predicted molar refractivity (Wildman–Crippen MR) is 164 cm³/mol. The number of aliphatic hydroxyl groups is 1. The van der Waals surface area contributed by atoms with Gasteiger partial charge in [0.15, 0.2) is 0 Å². The van der Waals surface area contributed by atoms with Gasteiger partial charge in [0.25, 0.3) is 0 Å². The van der Waals surface area contributed by atoms with E-state index in [1.165, 1.54) is 0 Å². The molecular formula is C28H50N8O10. The highest BCUT2D eigenvalue weighted by atomic mass is 16.4. The fourth-order valence-corrected chi connectivity index (χ4v) is 3.77. The normalized spacial score (nSPS) is 13.5. The van der Waals surface area contributed by atoms with Crippen molar-refractivity contribution in [1.29, 1.82) is 0 Å². The van der Waals surface area contributed by atoms with Gasteiger partial charge in [0.1, 0.15) is 24.7 Å². The molecule has 0 aliphatic rings.